The first-order chi connectivity index (χ1) is 32.8. The predicted octanol–water partition coefficient (Wildman–Crippen LogP) is 6.76. The van der Waals surface area contributed by atoms with Gasteiger partial charge in [-0.15, -0.1) is 10.2 Å². The molecule has 0 aliphatic heterocycles. The number of alkyl carbamates (subject to hydrolysis) is 1. The highest BCUT2D eigenvalue weighted by molar-refractivity contribution is 14.1. The fourth-order valence-corrected chi connectivity index (χ4v) is 11.6. The van der Waals surface area contributed by atoms with Gasteiger partial charge in [-0.2, -0.15) is 9.10 Å². The van der Waals surface area contributed by atoms with Crippen molar-refractivity contribution in [1.29, 1.82) is 0 Å². The number of halogens is 1. The first kappa shape index (κ1) is 52.0. The summed E-state index contributed by atoms with van der Waals surface area (Å²) in [6, 6.07) is 30.9. The van der Waals surface area contributed by atoms with E-state index < -0.39 is 60.1 Å². The highest BCUT2D eigenvalue weighted by Crippen LogP contribution is 2.38. The Labute approximate surface area is 415 Å². The van der Waals surface area contributed by atoms with E-state index in [4.69, 9.17) is 18.9 Å². The van der Waals surface area contributed by atoms with E-state index in [1.807, 2.05) is 28.7 Å². The van der Waals surface area contributed by atoms with Crippen LogP contribution in [0.3, 0.4) is 0 Å². The Morgan fingerprint density at radius 2 is 1.28 bits per heavy atom. The molecule has 6 rings (SSSR count). The molecule has 2 amide bonds. The van der Waals surface area contributed by atoms with Gasteiger partial charge in [0.2, 0.25) is 25.9 Å². The summed E-state index contributed by atoms with van der Waals surface area (Å²) in [6.07, 6.45) is -2.27. The fourth-order valence-electron chi connectivity index (χ4n) is 7.25. The number of hydrogen-bond acceptors (Lipinski definition) is 13. The molecule has 1 aromatic heterocycles. The van der Waals surface area contributed by atoms with Crippen LogP contribution in [0.2, 0.25) is 0 Å². The number of carbonyl (C=O) groups is 2. The molecule has 1 unspecified atom stereocenters. The van der Waals surface area contributed by atoms with E-state index in [1.54, 1.807) is 125 Å². The summed E-state index contributed by atoms with van der Waals surface area (Å²) in [6.45, 7) is 3.45. The Hall–Kier alpha value is -6.34. The summed E-state index contributed by atoms with van der Waals surface area (Å²) >= 11 is 1.90. The van der Waals surface area contributed by atoms with E-state index in [2.05, 4.69) is 25.4 Å². The minimum atomic E-state index is -4.91. The number of aromatic nitrogens is 4. The Kier molecular flexibility index (Phi) is 17.2. The molecular weight excluding hydrogens is 1040 g/mol. The van der Waals surface area contributed by atoms with Crippen molar-refractivity contribution in [2.45, 2.75) is 68.4 Å². The van der Waals surface area contributed by atoms with E-state index >= 15 is 8.42 Å². The van der Waals surface area contributed by atoms with Crippen molar-refractivity contribution < 1.29 is 50.5 Å². The number of rotatable bonds is 21. The summed E-state index contributed by atoms with van der Waals surface area (Å²) in [4.78, 5) is 26.7. The number of nitrogens with zero attached hydrogens (tertiary/aromatic N) is 6. The molecule has 1 heterocycles. The van der Waals surface area contributed by atoms with Crippen LogP contribution in [-0.4, -0.2) is 110 Å². The van der Waals surface area contributed by atoms with E-state index in [0.717, 1.165) is 20.8 Å². The van der Waals surface area contributed by atoms with Gasteiger partial charge in [0.1, 0.15) is 33.6 Å². The molecule has 0 aliphatic rings. The number of ether oxygens (including phenoxy) is 4. The molecule has 3 N–H and O–H groups in total. The Morgan fingerprint density at radius 1 is 0.739 bits per heavy atom. The summed E-state index contributed by atoms with van der Waals surface area (Å²) in [5.41, 5.74) is 1.35. The second-order valence-electron chi connectivity index (χ2n) is 16.5. The highest BCUT2D eigenvalue weighted by atomic mass is 127. The van der Waals surface area contributed by atoms with Crippen molar-refractivity contribution in [3.8, 4) is 28.6 Å². The second-order valence-corrected chi connectivity index (χ2v) is 21.3. The Balaban J connectivity index is 1.45. The zero-order valence-corrected chi connectivity index (χ0v) is 42.5. The SMILES string of the molecule is COc1ccc(CN(Cc2ccc(OC)cc2)S(=O)(=O)c2c(S(=O)(=O)NCC(CNC(=O)OCc3ccccc3)N(C(=O)O)C(C)(C)C)ccc(I)c2-c2nnn(Cc3ccc(OC)cc3)n2)cc1. The van der Waals surface area contributed by atoms with E-state index in [1.165, 1.54) is 25.1 Å². The third kappa shape index (κ3) is 13.5. The van der Waals surface area contributed by atoms with Gasteiger partial charge in [-0.25, -0.2) is 31.1 Å². The standard InChI is InChI=1S/C47H53IN8O11S2/c1-47(2,3)56(46(58)59)36(26-49-45(57)67-31-35-10-8-7-9-11-35)27-50-68(60,61)41-25-24-40(48)42(44-51-53-55(52-44)30-34-16-22-39(66-6)23-17-34)43(41)69(62,63)54(28-32-12-18-37(64-4)19-13-32)29-33-14-20-38(65-5)21-15-33/h7-25,36,50H,26-31H2,1-6H3,(H,49,57)(H,58,59). The molecule has 69 heavy (non-hydrogen) atoms. The molecule has 19 nitrogen and oxygen atoms in total. The fraction of sp³-hybridized carbons (Fsp3) is 0.298. The first-order valence-electron chi connectivity index (χ1n) is 21.3. The molecule has 0 saturated carbocycles. The third-order valence-electron chi connectivity index (χ3n) is 10.7. The maximum Gasteiger partial charge on any atom is 0.408 e. The molecule has 0 radical (unpaired) electrons. The quantitative estimate of drug-likeness (QED) is 0.0632. The van der Waals surface area contributed by atoms with Crippen molar-refractivity contribution in [3.05, 3.63) is 141 Å². The van der Waals surface area contributed by atoms with Crippen molar-refractivity contribution >= 4 is 54.8 Å². The molecule has 0 bridgehead atoms. The number of tetrazole rings is 1. The molecule has 6 aromatic rings. The molecule has 22 heteroatoms. The molecule has 1 atom stereocenters. The number of sulfonamides is 2. The van der Waals surface area contributed by atoms with Crippen LogP contribution in [-0.2, 0) is 51.0 Å². The van der Waals surface area contributed by atoms with Crippen LogP contribution in [0.5, 0.6) is 17.2 Å². The topological polar surface area (TPSA) is 234 Å². The average Bonchev–Trinajstić information content (AvgIpc) is 3.79. The first-order valence-corrected chi connectivity index (χ1v) is 25.3. The van der Waals surface area contributed by atoms with Crippen LogP contribution >= 0.6 is 22.6 Å². The van der Waals surface area contributed by atoms with Gasteiger partial charge in [0.15, 0.2) is 0 Å². The number of hydrogen-bond donors (Lipinski definition) is 3. The van der Waals surface area contributed by atoms with E-state index in [9.17, 15) is 23.1 Å². The van der Waals surface area contributed by atoms with Gasteiger partial charge in [0.05, 0.1) is 39.5 Å². The lowest BCUT2D eigenvalue weighted by atomic mass is 10.0. The summed E-state index contributed by atoms with van der Waals surface area (Å²) in [7, 11) is -5.25. The number of amides is 2. The summed E-state index contributed by atoms with van der Waals surface area (Å²) in [5, 5.41) is 26.1. The van der Waals surface area contributed by atoms with Crippen LogP contribution < -0.4 is 24.2 Å². The highest BCUT2D eigenvalue weighted by Gasteiger charge is 2.39. The molecule has 0 spiro atoms. The van der Waals surface area contributed by atoms with Gasteiger partial charge in [-0.1, -0.05) is 66.7 Å². The largest absolute Gasteiger partial charge is 0.497 e. The predicted molar refractivity (Wildman–Crippen MR) is 264 cm³/mol. The van der Waals surface area contributed by atoms with Gasteiger partial charge >= 0.3 is 12.2 Å². The molecule has 366 valence electrons. The van der Waals surface area contributed by atoms with Crippen LogP contribution in [0.4, 0.5) is 9.59 Å². The molecule has 0 saturated heterocycles. The Morgan fingerprint density at radius 3 is 1.78 bits per heavy atom. The van der Waals surface area contributed by atoms with Gasteiger partial charge in [0, 0.05) is 35.3 Å². The van der Waals surface area contributed by atoms with Gasteiger partial charge in [0.25, 0.3) is 0 Å². The minimum Gasteiger partial charge on any atom is -0.497 e. The monoisotopic (exact) mass is 1100 g/mol. The second kappa shape index (κ2) is 22.8. The number of benzene rings is 5. The lowest BCUT2D eigenvalue weighted by Crippen LogP contribution is -2.58. The zero-order valence-electron chi connectivity index (χ0n) is 38.7. The molecule has 0 aliphatic carbocycles. The lowest BCUT2D eigenvalue weighted by molar-refractivity contribution is 0.0689. The third-order valence-corrected chi connectivity index (χ3v) is 15.0. The maximum atomic E-state index is 15.7. The number of carbonyl (C=O) groups excluding carboxylic acids is 1. The average molecular weight is 1100 g/mol. The van der Waals surface area contributed by atoms with E-state index in [-0.39, 0.29) is 47.7 Å². The maximum absolute atomic E-state index is 15.7. The summed E-state index contributed by atoms with van der Waals surface area (Å²) in [5.74, 6) is 1.53. The van der Waals surface area contributed by atoms with Gasteiger partial charge < -0.3 is 29.4 Å². The van der Waals surface area contributed by atoms with Crippen LogP contribution in [0.15, 0.2) is 125 Å². The van der Waals surface area contributed by atoms with Gasteiger partial charge in [-0.3, -0.25) is 4.90 Å². The van der Waals surface area contributed by atoms with Crippen molar-refractivity contribution in [2.75, 3.05) is 34.4 Å². The minimum absolute atomic E-state index is 0.0731. The van der Waals surface area contributed by atoms with Crippen LogP contribution in [0.25, 0.3) is 11.4 Å². The van der Waals surface area contributed by atoms with Crippen molar-refractivity contribution in [1.82, 2.24) is 39.5 Å². The normalized spacial score (nSPS) is 12.3. The smallest absolute Gasteiger partial charge is 0.408 e. The number of nitrogens with one attached hydrogen (secondary N) is 2. The van der Waals surface area contributed by atoms with Crippen molar-refractivity contribution in [2.24, 2.45) is 0 Å². The molecular formula is C47H53IN8O11S2. The van der Waals surface area contributed by atoms with Crippen LogP contribution in [0.1, 0.15) is 43.0 Å². The lowest BCUT2D eigenvalue weighted by Gasteiger charge is -2.39. The number of carboxylic acid groups (broad SMARTS) is 1. The Bertz CT molecular complexity index is 2870. The molecule has 5 aromatic carbocycles. The van der Waals surface area contributed by atoms with Crippen LogP contribution in [0, 0.1) is 3.57 Å². The summed E-state index contributed by atoms with van der Waals surface area (Å²) < 4.78 is 86.5. The van der Waals surface area contributed by atoms with E-state index in [0.29, 0.717) is 33.9 Å². The zero-order chi connectivity index (χ0) is 49.9. The van der Waals surface area contributed by atoms with Crippen molar-refractivity contribution in [3.63, 3.8) is 0 Å². The molecule has 0 fully saturated rings. The number of methoxy groups -OCH3 is 3. The van der Waals surface area contributed by atoms with Gasteiger partial charge in [-0.05, 0) is 119 Å².